The first kappa shape index (κ1) is 19.0. The van der Waals surface area contributed by atoms with E-state index in [2.05, 4.69) is 0 Å². The minimum atomic E-state index is -0.901. The van der Waals surface area contributed by atoms with Crippen molar-refractivity contribution in [2.45, 2.75) is 25.9 Å². The Hall–Kier alpha value is -2.77. The Balaban J connectivity index is 1.42. The lowest BCUT2D eigenvalue weighted by molar-refractivity contribution is -0.161. The summed E-state index contributed by atoms with van der Waals surface area (Å²) in [7, 11) is 0. The molecular formula is C19H23NO7. The van der Waals surface area contributed by atoms with Gasteiger partial charge in [-0.1, -0.05) is 12.1 Å². The van der Waals surface area contributed by atoms with Crippen molar-refractivity contribution in [3.63, 3.8) is 0 Å². The second kappa shape index (κ2) is 8.75. The number of carbonyl (C=O) groups is 3. The molecule has 1 fully saturated rings. The summed E-state index contributed by atoms with van der Waals surface area (Å²) >= 11 is 0. The molecule has 0 saturated carbocycles. The zero-order valence-corrected chi connectivity index (χ0v) is 15.2. The topological polar surface area (TPSA) is 91.4 Å². The molecule has 1 aromatic rings. The Labute approximate surface area is 157 Å². The molecule has 1 atom stereocenters. The molecule has 0 aromatic heterocycles. The van der Waals surface area contributed by atoms with E-state index < -0.39 is 12.1 Å². The molecule has 0 radical (unpaired) electrons. The summed E-state index contributed by atoms with van der Waals surface area (Å²) in [5.41, 5.74) is 0. The van der Waals surface area contributed by atoms with Gasteiger partial charge in [0.25, 0.3) is 5.91 Å². The molecule has 2 heterocycles. The summed E-state index contributed by atoms with van der Waals surface area (Å²) in [6.45, 7) is 2.68. The van der Waals surface area contributed by atoms with Crippen LogP contribution in [-0.2, 0) is 23.9 Å². The van der Waals surface area contributed by atoms with Gasteiger partial charge < -0.3 is 23.8 Å². The summed E-state index contributed by atoms with van der Waals surface area (Å²) in [5, 5.41) is 0. The first-order valence-corrected chi connectivity index (χ1v) is 9.08. The summed E-state index contributed by atoms with van der Waals surface area (Å²) in [6.07, 6.45) is 0.200. The van der Waals surface area contributed by atoms with Crippen LogP contribution in [0.5, 0.6) is 11.5 Å². The van der Waals surface area contributed by atoms with Crippen LogP contribution >= 0.6 is 0 Å². The fourth-order valence-corrected chi connectivity index (χ4v) is 3.08. The Morgan fingerprint density at radius 2 is 1.78 bits per heavy atom. The predicted octanol–water partition coefficient (Wildman–Crippen LogP) is 1.17. The molecule has 1 aromatic carbocycles. The number of carbonyl (C=O) groups excluding carboxylic acids is 3. The molecule has 27 heavy (non-hydrogen) atoms. The SMILES string of the molecule is CCOC(=O)C1CCN(C(=O)COC(=O)[C@H]2COc3ccccc3O2)CC1. The molecule has 8 nitrogen and oxygen atoms in total. The van der Waals surface area contributed by atoms with Gasteiger partial charge in [0.15, 0.2) is 18.1 Å². The van der Waals surface area contributed by atoms with Crippen molar-refractivity contribution in [2.75, 3.05) is 32.9 Å². The molecule has 0 unspecified atom stereocenters. The normalized spacial score (nSPS) is 19.3. The number of hydrogen-bond donors (Lipinski definition) is 0. The van der Waals surface area contributed by atoms with Gasteiger partial charge >= 0.3 is 11.9 Å². The van der Waals surface area contributed by atoms with E-state index in [1.807, 2.05) is 6.07 Å². The van der Waals surface area contributed by atoms with Crippen molar-refractivity contribution in [1.29, 1.82) is 0 Å². The number of esters is 2. The standard InChI is InChI=1S/C19H23NO7/c1-2-24-18(22)13-7-9-20(10-8-13)17(21)12-26-19(23)16-11-25-14-5-3-4-6-15(14)27-16/h3-6,13,16H,2,7-12H2,1H3/t16-/m1/s1. The summed E-state index contributed by atoms with van der Waals surface area (Å²) in [5.74, 6) is -0.280. The van der Waals surface area contributed by atoms with Crippen molar-refractivity contribution in [1.82, 2.24) is 4.90 Å². The molecule has 0 N–H and O–H groups in total. The number of amides is 1. The number of para-hydroxylation sites is 2. The van der Waals surface area contributed by atoms with Gasteiger partial charge in [0, 0.05) is 13.1 Å². The fourth-order valence-electron chi connectivity index (χ4n) is 3.08. The predicted molar refractivity (Wildman–Crippen MR) is 93.2 cm³/mol. The maximum Gasteiger partial charge on any atom is 0.351 e. The maximum atomic E-state index is 12.2. The van der Waals surface area contributed by atoms with Crippen LogP contribution in [0.15, 0.2) is 24.3 Å². The summed E-state index contributed by atoms with van der Waals surface area (Å²) < 4.78 is 21.1. The highest BCUT2D eigenvalue weighted by Gasteiger charge is 2.31. The second-order valence-electron chi connectivity index (χ2n) is 6.38. The van der Waals surface area contributed by atoms with Gasteiger partial charge in [0.1, 0.15) is 6.61 Å². The van der Waals surface area contributed by atoms with E-state index in [4.69, 9.17) is 18.9 Å². The van der Waals surface area contributed by atoms with Crippen LogP contribution in [-0.4, -0.2) is 61.8 Å². The van der Waals surface area contributed by atoms with Gasteiger partial charge in [-0.15, -0.1) is 0 Å². The zero-order chi connectivity index (χ0) is 19.2. The Bertz CT molecular complexity index is 697. The lowest BCUT2D eigenvalue weighted by Crippen LogP contribution is -2.44. The van der Waals surface area contributed by atoms with Crippen molar-refractivity contribution < 1.29 is 33.3 Å². The van der Waals surface area contributed by atoms with Crippen LogP contribution in [0.4, 0.5) is 0 Å². The number of likely N-dealkylation sites (tertiary alicyclic amines) is 1. The van der Waals surface area contributed by atoms with E-state index in [1.54, 1.807) is 30.0 Å². The van der Waals surface area contributed by atoms with Crippen LogP contribution in [0.25, 0.3) is 0 Å². The Morgan fingerprint density at radius 3 is 2.48 bits per heavy atom. The highest BCUT2D eigenvalue weighted by molar-refractivity contribution is 5.83. The zero-order valence-electron chi connectivity index (χ0n) is 15.2. The van der Waals surface area contributed by atoms with E-state index in [1.165, 1.54) is 0 Å². The molecule has 0 spiro atoms. The van der Waals surface area contributed by atoms with Crippen LogP contribution in [0, 0.1) is 5.92 Å². The average Bonchev–Trinajstić information content (AvgIpc) is 2.71. The monoisotopic (exact) mass is 377 g/mol. The average molecular weight is 377 g/mol. The minimum absolute atomic E-state index is 0.0367. The molecular weight excluding hydrogens is 354 g/mol. The molecule has 1 amide bonds. The maximum absolute atomic E-state index is 12.2. The highest BCUT2D eigenvalue weighted by atomic mass is 16.6. The summed E-state index contributed by atoms with van der Waals surface area (Å²) in [6, 6.07) is 7.04. The molecule has 2 aliphatic rings. The van der Waals surface area contributed by atoms with Crippen LogP contribution in [0.3, 0.4) is 0 Å². The third-order valence-corrected chi connectivity index (χ3v) is 4.58. The van der Waals surface area contributed by atoms with Crippen molar-refractivity contribution >= 4 is 17.8 Å². The van der Waals surface area contributed by atoms with Crippen molar-refractivity contribution in [3.8, 4) is 11.5 Å². The van der Waals surface area contributed by atoms with Crippen LogP contribution < -0.4 is 9.47 Å². The summed E-state index contributed by atoms with van der Waals surface area (Å²) in [4.78, 5) is 37.7. The number of hydrogen-bond acceptors (Lipinski definition) is 7. The number of ether oxygens (including phenoxy) is 4. The number of fused-ring (bicyclic) bond motifs is 1. The smallest absolute Gasteiger partial charge is 0.351 e. The number of piperidine rings is 1. The Kier molecular flexibility index (Phi) is 6.16. The van der Waals surface area contributed by atoms with Gasteiger partial charge in [0.05, 0.1) is 12.5 Å². The van der Waals surface area contributed by atoms with E-state index in [0.29, 0.717) is 44.0 Å². The number of nitrogens with zero attached hydrogens (tertiary/aromatic N) is 1. The number of benzene rings is 1. The third-order valence-electron chi connectivity index (χ3n) is 4.58. The minimum Gasteiger partial charge on any atom is -0.485 e. The van der Waals surface area contributed by atoms with Gasteiger partial charge in [-0.25, -0.2) is 4.79 Å². The Morgan fingerprint density at radius 1 is 1.07 bits per heavy atom. The van der Waals surface area contributed by atoms with E-state index in [9.17, 15) is 14.4 Å². The quantitative estimate of drug-likeness (QED) is 0.712. The molecule has 8 heteroatoms. The lowest BCUT2D eigenvalue weighted by Gasteiger charge is -2.31. The first-order valence-electron chi connectivity index (χ1n) is 9.08. The van der Waals surface area contributed by atoms with E-state index in [0.717, 1.165) is 0 Å². The highest BCUT2D eigenvalue weighted by Crippen LogP contribution is 2.31. The van der Waals surface area contributed by atoms with Gasteiger partial charge in [-0.05, 0) is 31.9 Å². The molecule has 2 aliphatic heterocycles. The third kappa shape index (κ3) is 4.69. The van der Waals surface area contributed by atoms with Gasteiger partial charge in [-0.3, -0.25) is 9.59 Å². The molecule has 0 aliphatic carbocycles. The van der Waals surface area contributed by atoms with E-state index in [-0.39, 0.29) is 31.0 Å². The van der Waals surface area contributed by atoms with Crippen LogP contribution in [0.2, 0.25) is 0 Å². The molecule has 1 saturated heterocycles. The second-order valence-corrected chi connectivity index (χ2v) is 6.38. The van der Waals surface area contributed by atoms with Gasteiger partial charge in [0.2, 0.25) is 6.10 Å². The van der Waals surface area contributed by atoms with Gasteiger partial charge in [-0.2, -0.15) is 0 Å². The lowest BCUT2D eigenvalue weighted by atomic mass is 9.97. The number of rotatable bonds is 5. The largest absolute Gasteiger partial charge is 0.485 e. The molecule has 0 bridgehead atoms. The fraction of sp³-hybridized carbons (Fsp3) is 0.526. The van der Waals surface area contributed by atoms with Crippen molar-refractivity contribution in [2.24, 2.45) is 5.92 Å². The van der Waals surface area contributed by atoms with Crippen LogP contribution in [0.1, 0.15) is 19.8 Å². The molecule has 146 valence electrons. The first-order chi connectivity index (χ1) is 13.1. The van der Waals surface area contributed by atoms with Crippen molar-refractivity contribution in [3.05, 3.63) is 24.3 Å². The molecule has 3 rings (SSSR count). The van der Waals surface area contributed by atoms with E-state index >= 15 is 0 Å².